The van der Waals surface area contributed by atoms with Crippen LogP contribution in [0.4, 0.5) is 10.5 Å². The first-order valence-corrected chi connectivity index (χ1v) is 9.67. The van der Waals surface area contributed by atoms with E-state index in [1.54, 1.807) is 14.7 Å². The van der Waals surface area contributed by atoms with Crippen LogP contribution in [-0.2, 0) is 16.0 Å². The van der Waals surface area contributed by atoms with Gasteiger partial charge in [-0.15, -0.1) is 0 Å². The van der Waals surface area contributed by atoms with Crippen molar-refractivity contribution in [1.29, 1.82) is 0 Å². The van der Waals surface area contributed by atoms with Crippen LogP contribution >= 0.6 is 0 Å². The number of nitrogens with zero attached hydrogens (tertiary/aromatic N) is 3. The molecule has 3 aliphatic rings. The zero-order chi connectivity index (χ0) is 19.0. The largest absolute Gasteiger partial charge is 0.345 e. The SMILES string of the molecule is CN1CCC2(CCN(C(=O)NCC(=O)N3CCc4ccccc43)CC2)C1=O. The maximum Gasteiger partial charge on any atom is 0.317 e. The van der Waals surface area contributed by atoms with Gasteiger partial charge in [0.25, 0.3) is 0 Å². The molecule has 2 fully saturated rings. The number of anilines is 1. The number of para-hydroxylation sites is 1. The molecule has 7 nitrogen and oxygen atoms in total. The summed E-state index contributed by atoms with van der Waals surface area (Å²) in [6, 6.07) is 7.66. The maximum absolute atomic E-state index is 12.5. The molecule has 0 aliphatic carbocycles. The molecule has 4 rings (SSSR count). The van der Waals surface area contributed by atoms with Crippen molar-refractivity contribution in [1.82, 2.24) is 15.1 Å². The van der Waals surface area contributed by atoms with Gasteiger partial charge in [0.1, 0.15) is 0 Å². The highest BCUT2D eigenvalue weighted by Gasteiger charge is 2.47. The van der Waals surface area contributed by atoms with Crippen LogP contribution < -0.4 is 10.2 Å². The predicted octanol–water partition coefficient (Wildman–Crippen LogP) is 1.23. The molecule has 1 spiro atoms. The van der Waals surface area contributed by atoms with Gasteiger partial charge in [-0.05, 0) is 37.3 Å². The van der Waals surface area contributed by atoms with Crippen molar-refractivity contribution in [2.24, 2.45) is 5.41 Å². The van der Waals surface area contributed by atoms with E-state index >= 15 is 0 Å². The van der Waals surface area contributed by atoms with Gasteiger partial charge in [-0.3, -0.25) is 9.59 Å². The Bertz CT molecular complexity index is 770. The summed E-state index contributed by atoms with van der Waals surface area (Å²) in [5, 5.41) is 2.76. The summed E-state index contributed by atoms with van der Waals surface area (Å²) in [5.74, 6) is 0.125. The average Bonchev–Trinajstić information content (AvgIpc) is 3.24. The summed E-state index contributed by atoms with van der Waals surface area (Å²) in [6.45, 7) is 2.58. The van der Waals surface area contributed by atoms with Crippen molar-refractivity contribution in [3.63, 3.8) is 0 Å². The van der Waals surface area contributed by atoms with Crippen LogP contribution in [0, 0.1) is 5.41 Å². The molecule has 0 unspecified atom stereocenters. The first-order valence-electron chi connectivity index (χ1n) is 9.67. The number of piperidine rings is 1. The number of carbonyl (C=O) groups excluding carboxylic acids is 3. The third-order valence-corrected chi connectivity index (χ3v) is 6.31. The van der Waals surface area contributed by atoms with Gasteiger partial charge in [-0.1, -0.05) is 18.2 Å². The van der Waals surface area contributed by atoms with Crippen LogP contribution in [0.15, 0.2) is 24.3 Å². The van der Waals surface area contributed by atoms with Crippen molar-refractivity contribution in [3.8, 4) is 0 Å². The van der Waals surface area contributed by atoms with E-state index in [0.717, 1.165) is 25.1 Å². The van der Waals surface area contributed by atoms with Gasteiger partial charge in [-0.2, -0.15) is 0 Å². The van der Waals surface area contributed by atoms with Crippen LogP contribution in [0.1, 0.15) is 24.8 Å². The number of urea groups is 1. The van der Waals surface area contributed by atoms with E-state index in [1.165, 1.54) is 5.56 Å². The maximum atomic E-state index is 12.5. The van der Waals surface area contributed by atoms with Crippen LogP contribution in [0.3, 0.4) is 0 Å². The molecule has 144 valence electrons. The van der Waals surface area contributed by atoms with Crippen LogP contribution in [-0.4, -0.2) is 67.4 Å². The standard InChI is InChI=1S/C20H26N4O3/c1-22-11-7-20(18(22)26)8-12-23(13-9-20)19(27)21-14-17(25)24-10-6-15-4-2-3-5-16(15)24/h2-5H,6-14H2,1H3,(H,21,27). The fraction of sp³-hybridized carbons (Fsp3) is 0.550. The lowest BCUT2D eigenvalue weighted by atomic mass is 9.77. The molecular weight excluding hydrogens is 344 g/mol. The minimum atomic E-state index is -0.277. The van der Waals surface area contributed by atoms with Gasteiger partial charge in [-0.25, -0.2) is 4.79 Å². The minimum Gasteiger partial charge on any atom is -0.345 e. The number of nitrogens with one attached hydrogen (secondary N) is 1. The van der Waals surface area contributed by atoms with E-state index in [4.69, 9.17) is 0 Å². The van der Waals surface area contributed by atoms with Crippen molar-refractivity contribution < 1.29 is 14.4 Å². The van der Waals surface area contributed by atoms with Crippen LogP contribution in [0.5, 0.6) is 0 Å². The molecule has 0 radical (unpaired) electrons. The third kappa shape index (κ3) is 3.15. The summed E-state index contributed by atoms with van der Waals surface area (Å²) in [7, 11) is 1.85. The molecule has 0 atom stereocenters. The van der Waals surface area contributed by atoms with Crippen LogP contribution in [0.2, 0.25) is 0 Å². The Kier molecular flexibility index (Phi) is 4.53. The molecule has 0 aromatic heterocycles. The molecule has 1 aromatic carbocycles. The molecule has 27 heavy (non-hydrogen) atoms. The quantitative estimate of drug-likeness (QED) is 0.851. The number of hydrogen-bond acceptors (Lipinski definition) is 3. The Labute approximate surface area is 159 Å². The Morgan fingerprint density at radius 2 is 1.78 bits per heavy atom. The van der Waals surface area contributed by atoms with Crippen LogP contribution in [0.25, 0.3) is 0 Å². The highest BCUT2D eigenvalue weighted by Crippen LogP contribution is 2.40. The van der Waals surface area contributed by atoms with Gasteiger partial charge in [0, 0.05) is 38.9 Å². The summed E-state index contributed by atoms with van der Waals surface area (Å²) in [4.78, 5) is 42.6. The zero-order valence-electron chi connectivity index (χ0n) is 15.7. The second kappa shape index (κ2) is 6.87. The number of amides is 4. The minimum absolute atomic E-state index is 0.00349. The van der Waals surface area contributed by atoms with Crippen molar-refractivity contribution in [3.05, 3.63) is 29.8 Å². The molecule has 3 heterocycles. The van der Waals surface area contributed by atoms with E-state index < -0.39 is 0 Å². The molecule has 2 saturated heterocycles. The van der Waals surface area contributed by atoms with Crippen molar-refractivity contribution in [2.45, 2.75) is 25.7 Å². The number of hydrogen-bond donors (Lipinski definition) is 1. The number of rotatable bonds is 2. The number of carbonyl (C=O) groups is 3. The second-order valence-electron chi connectivity index (χ2n) is 7.83. The molecule has 0 saturated carbocycles. The van der Waals surface area contributed by atoms with Gasteiger partial charge in [0.15, 0.2) is 0 Å². The Balaban J connectivity index is 1.28. The topological polar surface area (TPSA) is 73.0 Å². The summed E-state index contributed by atoms with van der Waals surface area (Å²) < 4.78 is 0. The van der Waals surface area contributed by atoms with E-state index in [0.29, 0.717) is 32.5 Å². The monoisotopic (exact) mass is 370 g/mol. The summed E-state index contributed by atoms with van der Waals surface area (Å²) >= 11 is 0. The zero-order valence-corrected chi connectivity index (χ0v) is 15.7. The lowest BCUT2D eigenvalue weighted by Gasteiger charge is -2.37. The number of likely N-dealkylation sites (tertiary alicyclic amines) is 2. The predicted molar refractivity (Wildman–Crippen MR) is 101 cm³/mol. The van der Waals surface area contributed by atoms with E-state index in [2.05, 4.69) is 5.32 Å². The van der Waals surface area contributed by atoms with Gasteiger partial charge >= 0.3 is 6.03 Å². The van der Waals surface area contributed by atoms with Gasteiger partial charge in [0.2, 0.25) is 11.8 Å². The lowest BCUT2D eigenvalue weighted by Crippen LogP contribution is -2.51. The Morgan fingerprint density at radius 3 is 2.48 bits per heavy atom. The molecule has 1 aromatic rings. The first kappa shape index (κ1) is 17.8. The smallest absolute Gasteiger partial charge is 0.317 e. The third-order valence-electron chi connectivity index (χ3n) is 6.31. The normalized spacial score (nSPS) is 20.9. The van der Waals surface area contributed by atoms with Gasteiger partial charge in [0.05, 0.1) is 12.0 Å². The van der Waals surface area contributed by atoms with Gasteiger partial charge < -0.3 is 20.0 Å². The molecular formula is C20H26N4O3. The Morgan fingerprint density at radius 1 is 1.07 bits per heavy atom. The highest BCUT2D eigenvalue weighted by atomic mass is 16.2. The van der Waals surface area contributed by atoms with E-state index in [-0.39, 0.29) is 29.8 Å². The van der Waals surface area contributed by atoms with E-state index in [9.17, 15) is 14.4 Å². The lowest BCUT2D eigenvalue weighted by molar-refractivity contribution is -0.137. The molecule has 1 N–H and O–H groups in total. The van der Waals surface area contributed by atoms with Crippen molar-refractivity contribution >= 4 is 23.5 Å². The molecule has 4 amide bonds. The molecule has 7 heteroatoms. The van der Waals surface area contributed by atoms with Crippen molar-refractivity contribution in [2.75, 3.05) is 44.7 Å². The molecule has 3 aliphatic heterocycles. The number of benzene rings is 1. The number of fused-ring (bicyclic) bond motifs is 1. The average molecular weight is 370 g/mol. The summed E-state index contributed by atoms with van der Waals surface area (Å²) in [6.07, 6.45) is 3.14. The fourth-order valence-corrected chi connectivity index (χ4v) is 4.55. The summed E-state index contributed by atoms with van der Waals surface area (Å²) in [5.41, 5.74) is 1.84. The fourth-order valence-electron chi connectivity index (χ4n) is 4.55. The van der Waals surface area contributed by atoms with E-state index in [1.807, 2.05) is 31.3 Å². The first-order chi connectivity index (χ1) is 13.0. The molecule has 0 bridgehead atoms. The highest BCUT2D eigenvalue weighted by molar-refractivity contribution is 5.98. The second-order valence-corrected chi connectivity index (χ2v) is 7.83. The Hall–Kier alpha value is -2.57.